The molecule has 0 aliphatic carbocycles. The highest BCUT2D eigenvalue weighted by molar-refractivity contribution is 5.80. The van der Waals surface area contributed by atoms with Gasteiger partial charge in [0.1, 0.15) is 5.75 Å². The first-order chi connectivity index (χ1) is 7.15. The van der Waals surface area contributed by atoms with Crippen molar-refractivity contribution in [1.29, 1.82) is 0 Å². The van der Waals surface area contributed by atoms with E-state index in [4.69, 9.17) is 10.6 Å². The molecule has 0 radical (unpaired) electrons. The summed E-state index contributed by atoms with van der Waals surface area (Å²) in [5.41, 5.74) is 2.10. The van der Waals surface area contributed by atoms with E-state index in [1.165, 1.54) is 0 Å². The van der Waals surface area contributed by atoms with Gasteiger partial charge in [-0.3, -0.25) is 10.2 Å². The van der Waals surface area contributed by atoms with E-state index in [0.717, 1.165) is 0 Å². The molecule has 1 unspecified atom stereocenters. The molecule has 0 spiro atoms. The van der Waals surface area contributed by atoms with Crippen LogP contribution in [0.15, 0.2) is 30.3 Å². The predicted molar refractivity (Wildman–Crippen MR) is 58.0 cm³/mol. The molecule has 15 heavy (non-hydrogen) atoms. The van der Waals surface area contributed by atoms with Crippen LogP contribution >= 0.6 is 0 Å². The van der Waals surface area contributed by atoms with Crippen LogP contribution in [-0.4, -0.2) is 12.0 Å². The van der Waals surface area contributed by atoms with Crippen molar-refractivity contribution in [1.82, 2.24) is 5.43 Å². The number of para-hydroxylation sites is 1. The van der Waals surface area contributed by atoms with Crippen LogP contribution in [0.3, 0.4) is 0 Å². The normalized spacial score (nSPS) is 12.3. The van der Waals surface area contributed by atoms with Crippen molar-refractivity contribution in [3.05, 3.63) is 30.3 Å². The Morgan fingerprint density at radius 2 is 1.93 bits per heavy atom. The van der Waals surface area contributed by atoms with Gasteiger partial charge in [-0.2, -0.15) is 0 Å². The summed E-state index contributed by atoms with van der Waals surface area (Å²) in [6.45, 7) is 3.81. The van der Waals surface area contributed by atoms with Crippen LogP contribution in [0.4, 0.5) is 0 Å². The lowest BCUT2D eigenvalue weighted by atomic mass is 10.1. The summed E-state index contributed by atoms with van der Waals surface area (Å²) < 4.78 is 5.54. The number of carbonyl (C=O) groups is 1. The third kappa shape index (κ3) is 3.25. The maximum atomic E-state index is 11.4. The number of benzene rings is 1. The fourth-order valence-electron chi connectivity index (χ4n) is 1.22. The standard InChI is InChI=1S/C11H16N2O2/c1-8(2)10(11(14)13-12)15-9-6-4-3-5-7-9/h3-8,10H,12H2,1-2H3,(H,13,14). The van der Waals surface area contributed by atoms with Crippen LogP contribution in [-0.2, 0) is 4.79 Å². The van der Waals surface area contributed by atoms with Crippen LogP contribution < -0.4 is 16.0 Å². The average Bonchev–Trinajstić information content (AvgIpc) is 2.26. The molecule has 1 atom stereocenters. The Hall–Kier alpha value is -1.55. The van der Waals surface area contributed by atoms with Gasteiger partial charge < -0.3 is 4.74 Å². The Balaban J connectivity index is 2.72. The highest BCUT2D eigenvalue weighted by Gasteiger charge is 2.23. The van der Waals surface area contributed by atoms with Gasteiger partial charge in [-0.05, 0) is 18.1 Å². The number of hydrazine groups is 1. The summed E-state index contributed by atoms with van der Waals surface area (Å²) in [7, 11) is 0. The van der Waals surface area contributed by atoms with E-state index in [9.17, 15) is 4.79 Å². The van der Waals surface area contributed by atoms with E-state index < -0.39 is 6.10 Å². The Bertz CT molecular complexity index is 312. The second-order valence-corrected chi connectivity index (χ2v) is 3.60. The number of rotatable bonds is 4. The second-order valence-electron chi connectivity index (χ2n) is 3.60. The third-order valence-electron chi connectivity index (χ3n) is 2.01. The Labute approximate surface area is 89.4 Å². The molecule has 0 saturated heterocycles. The predicted octanol–water partition coefficient (Wildman–Crippen LogP) is 1.08. The molecule has 0 aliphatic heterocycles. The molecule has 1 aromatic rings. The number of hydrogen-bond donors (Lipinski definition) is 2. The topological polar surface area (TPSA) is 64.3 Å². The van der Waals surface area contributed by atoms with Gasteiger partial charge in [0.15, 0.2) is 6.10 Å². The Morgan fingerprint density at radius 3 is 2.40 bits per heavy atom. The number of carbonyl (C=O) groups excluding carboxylic acids is 1. The van der Waals surface area contributed by atoms with Crippen molar-refractivity contribution in [2.45, 2.75) is 20.0 Å². The molecular weight excluding hydrogens is 192 g/mol. The van der Waals surface area contributed by atoms with Gasteiger partial charge in [0, 0.05) is 0 Å². The third-order valence-corrected chi connectivity index (χ3v) is 2.01. The van der Waals surface area contributed by atoms with E-state index in [1.54, 1.807) is 12.1 Å². The minimum Gasteiger partial charge on any atom is -0.480 e. The molecule has 1 rings (SSSR count). The van der Waals surface area contributed by atoms with E-state index in [-0.39, 0.29) is 11.8 Å². The zero-order valence-corrected chi connectivity index (χ0v) is 8.94. The lowest BCUT2D eigenvalue weighted by Crippen LogP contribution is -2.44. The quantitative estimate of drug-likeness (QED) is 0.442. The molecule has 0 bridgehead atoms. The molecular formula is C11H16N2O2. The van der Waals surface area contributed by atoms with Crippen LogP contribution in [0.1, 0.15) is 13.8 Å². The summed E-state index contributed by atoms with van der Waals surface area (Å²) >= 11 is 0. The fraction of sp³-hybridized carbons (Fsp3) is 0.364. The van der Waals surface area contributed by atoms with Crippen LogP contribution in [0, 0.1) is 5.92 Å². The monoisotopic (exact) mass is 208 g/mol. The largest absolute Gasteiger partial charge is 0.480 e. The minimum atomic E-state index is -0.558. The maximum absolute atomic E-state index is 11.4. The summed E-state index contributed by atoms with van der Waals surface area (Å²) in [4.78, 5) is 11.4. The summed E-state index contributed by atoms with van der Waals surface area (Å²) in [5.74, 6) is 5.50. The number of ether oxygens (including phenoxy) is 1. The van der Waals surface area contributed by atoms with Crippen molar-refractivity contribution in [3.63, 3.8) is 0 Å². The second kappa shape index (κ2) is 5.36. The highest BCUT2D eigenvalue weighted by Crippen LogP contribution is 2.15. The maximum Gasteiger partial charge on any atom is 0.275 e. The van der Waals surface area contributed by atoms with Crippen molar-refractivity contribution < 1.29 is 9.53 Å². The van der Waals surface area contributed by atoms with Gasteiger partial charge in [0.05, 0.1) is 0 Å². The van der Waals surface area contributed by atoms with Crippen molar-refractivity contribution in [2.75, 3.05) is 0 Å². The van der Waals surface area contributed by atoms with Gasteiger partial charge >= 0.3 is 0 Å². The fourth-order valence-corrected chi connectivity index (χ4v) is 1.22. The van der Waals surface area contributed by atoms with Gasteiger partial charge in [0.2, 0.25) is 0 Å². The van der Waals surface area contributed by atoms with E-state index in [1.807, 2.05) is 32.0 Å². The van der Waals surface area contributed by atoms with Gasteiger partial charge in [-0.25, -0.2) is 5.84 Å². The molecule has 0 aliphatic rings. The van der Waals surface area contributed by atoms with Gasteiger partial charge in [0.25, 0.3) is 5.91 Å². The molecule has 0 heterocycles. The molecule has 82 valence electrons. The first kappa shape index (κ1) is 11.5. The molecule has 4 nitrogen and oxygen atoms in total. The summed E-state index contributed by atoms with van der Waals surface area (Å²) in [6.07, 6.45) is -0.558. The van der Waals surface area contributed by atoms with Crippen molar-refractivity contribution >= 4 is 5.91 Å². The van der Waals surface area contributed by atoms with Crippen LogP contribution in [0.25, 0.3) is 0 Å². The van der Waals surface area contributed by atoms with E-state index >= 15 is 0 Å². The summed E-state index contributed by atoms with van der Waals surface area (Å²) in [6, 6.07) is 9.21. The van der Waals surface area contributed by atoms with Crippen molar-refractivity contribution in [3.8, 4) is 5.75 Å². The van der Waals surface area contributed by atoms with E-state index in [0.29, 0.717) is 5.75 Å². The zero-order valence-electron chi connectivity index (χ0n) is 8.94. The van der Waals surface area contributed by atoms with E-state index in [2.05, 4.69) is 5.43 Å². The SMILES string of the molecule is CC(C)C(Oc1ccccc1)C(=O)NN. The smallest absolute Gasteiger partial charge is 0.275 e. The summed E-state index contributed by atoms with van der Waals surface area (Å²) in [5, 5.41) is 0. The number of nitrogens with two attached hydrogens (primary N) is 1. The first-order valence-corrected chi connectivity index (χ1v) is 4.87. The van der Waals surface area contributed by atoms with Crippen LogP contribution in [0.5, 0.6) is 5.75 Å². The lowest BCUT2D eigenvalue weighted by Gasteiger charge is -2.20. The average molecular weight is 208 g/mol. The van der Waals surface area contributed by atoms with Gasteiger partial charge in [-0.15, -0.1) is 0 Å². The number of hydrogen-bond acceptors (Lipinski definition) is 3. The number of amides is 1. The molecule has 0 fully saturated rings. The molecule has 0 aromatic heterocycles. The number of nitrogens with one attached hydrogen (secondary N) is 1. The molecule has 1 aromatic carbocycles. The zero-order chi connectivity index (χ0) is 11.3. The minimum absolute atomic E-state index is 0.0637. The molecule has 0 saturated carbocycles. The molecule has 3 N–H and O–H groups in total. The highest BCUT2D eigenvalue weighted by atomic mass is 16.5. The Morgan fingerprint density at radius 1 is 1.33 bits per heavy atom. The van der Waals surface area contributed by atoms with Crippen LogP contribution in [0.2, 0.25) is 0 Å². The van der Waals surface area contributed by atoms with Gasteiger partial charge in [-0.1, -0.05) is 32.0 Å². The first-order valence-electron chi connectivity index (χ1n) is 4.87. The van der Waals surface area contributed by atoms with Crippen molar-refractivity contribution in [2.24, 2.45) is 11.8 Å². The lowest BCUT2D eigenvalue weighted by molar-refractivity contribution is -0.129. The molecule has 4 heteroatoms. The Kier molecular flexibility index (Phi) is 4.12. The molecule has 1 amide bonds.